The van der Waals surface area contributed by atoms with E-state index in [2.05, 4.69) is 20.7 Å². The molecule has 1 amide bonds. The third kappa shape index (κ3) is 5.15. The van der Waals surface area contributed by atoms with E-state index in [0.29, 0.717) is 12.2 Å². The number of nitrogens with one attached hydrogen (secondary N) is 1. The Morgan fingerprint density at radius 1 is 1.25 bits per heavy atom. The van der Waals surface area contributed by atoms with Crippen LogP contribution in [-0.4, -0.2) is 42.7 Å². The van der Waals surface area contributed by atoms with E-state index >= 15 is 0 Å². The van der Waals surface area contributed by atoms with Gasteiger partial charge in [0.1, 0.15) is 6.54 Å². The van der Waals surface area contributed by atoms with E-state index < -0.39 is 11.5 Å². The number of amides is 1. The van der Waals surface area contributed by atoms with Gasteiger partial charge in [0.15, 0.2) is 0 Å². The van der Waals surface area contributed by atoms with Gasteiger partial charge in [0.2, 0.25) is 11.7 Å². The largest absolute Gasteiger partial charge is 0.481 e. The van der Waals surface area contributed by atoms with Gasteiger partial charge in [-0.25, -0.2) is 0 Å². The van der Waals surface area contributed by atoms with Gasteiger partial charge in [-0.15, -0.1) is 10.2 Å². The number of nitrogens with zero attached hydrogens (tertiary/aromatic N) is 4. The molecule has 8 heteroatoms. The van der Waals surface area contributed by atoms with Crippen LogP contribution in [-0.2, 0) is 16.1 Å². The second-order valence-corrected chi connectivity index (χ2v) is 6.34. The lowest BCUT2D eigenvalue weighted by molar-refractivity contribution is -0.137. The molecule has 0 aliphatic rings. The predicted octanol–water partition coefficient (Wildman–Crippen LogP) is 1.41. The first kappa shape index (κ1) is 17.6. The van der Waals surface area contributed by atoms with Crippen molar-refractivity contribution in [3.8, 4) is 11.4 Å². The van der Waals surface area contributed by atoms with Gasteiger partial charge in [-0.2, -0.15) is 4.80 Å². The van der Waals surface area contributed by atoms with E-state index in [9.17, 15) is 9.59 Å². The Labute approximate surface area is 139 Å². The second-order valence-electron chi connectivity index (χ2n) is 6.34. The molecular weight excluding hydrogens is 310 g/mol. The molecule has 0 bridgehead atoms. The third-order valence-electron chi connectivity index (χ3n) is 3.49. The summed E-state index contributed by atoms with van der Waals surface area (Å²) in [4.78, 5) is 23.9. The Morgan fingerprint density at radius 2 is 1.92 bits per heavy atom. The fraction of sp³-hybridized carbons (Fsp3) is 0.438. The van der Waals surface area contributed by atoms with Crippen molar-refractivity contribution in [3.05, 3.63) is 29.8 Å². The van der Waals surface area contributed by atoms with Gasteiger partial charge in [-0.3, -0.25) is 9.59 Å². The number of carboxylic acids is 1. The number of hydrogen-bond acceptors (Lipinski definition) is 5. The average molecular weight is 331 g/mol. The van der Waals surface area contributed by atoms with Crippen LogP contribution < -0.4 is 5.32 Å². The van der Waals surface area contributed by atoms with E-state index in [4.69, 9.17) is 5.11 Å². The van der Waals surface area contributed by atoms with Gasteiger partial charge in [0, 0.05) is 17.5 Å². The van der Waals surface area contributed by atoms with Crippen molar-refractivity contribution < 1.29 is 14.7 Å². The first-order valence-electron chi connectivity index (χ1n) is 7.63. The van der Waals surface area contributed by atoms with Crippen LogP contribution in [0.25, 0.3) is 11.4 Å². The van der Waals surface area contributed by atoms with Gasteiger partial charge in [0.05, 0.1) is 0 Å². The van der Waals surface area contributed by atoms with Crippen LogP contribution in [0.3, 0.4) is 0 Å². The highest BCUT2D eigenvalue weighted by molar-refractivity contribution is 5.76. The zero-order valence-corrected chi connectivity index (χ0v) is 14.0. The van der Waals surface area contributed by atoms with E-state index in [0.717, 1.165) is 11.1 Å². The Balaban J connectivity index is 1.95. The van der Waals surface area contributed by atoms with E-state index in [1.807, 2.05) is 31.2 Å². The summed E-state index contributed by atoms with van der Waals surface area (Å²) in [6, 6.07) is 7.69. The lowest BCUT2D eigenvalue weighted by atomic mass is 9.98. The minimum absolute atomic E-state index is 0.00751. The van der Waals surface area contributed by atoms with Crippen molar-refractivity contribution in [2.24, 2.45) is 0 Å². The highest BCUT2D eigenvalue weighted by Gasteiger charge is 2.22. The Hall–Kier alpha value is -2.77. The molecule has 0 radical (unpaired) electrons. The SMILES string of the molecule is Cc1ccc(-c2nnn(CC(=O)NC(C)(C)CCC(=O)O)n2)cc1. The Bertz CT molecular complexity index is 722. The molecule has 1 heterocycles. The number of aromatic nitrogens is 4. The molecular formula is C16H21N5O3. The van der Waals surface area contributed by atoms with E-state index in [1.165, 1.54) is 4.80 Å². The average Bonchev–Trinajstić information content (AvgIpc) is 2.94. The highest BCUT2D eigenvalue weighted by atomic mass is 16.4. The van der Waals surface area contributed by atoms with Crippen molar-refractivity contribution in [2.75, 3.05) is 0 Å². The molecule has 0 unspecified atom stereocenters. The minimum atomic E-state index is -0.891. The predicted molar refractivity (Wildman–Crippen MR) is 87.1 cm³/mol. The first-order chi connectivity index (χ1) is 11.2. The maximum Gasteiger partial charge on any atom is 0.303 e. The van der Waals surface area contributed by atoms with Gasteiger partial charge < -0.3 is 10.4 Å². The van der Waals surface area contributed by atoms with Crippen LogP contribution in [0.2, 0.25) is 0 Å². The minimum Gasteiger partial charge on any atom is -0.481 e. The van der Waals surface area contributed by atoms with Crippen LogP contribution in [0.1, 0.15) is 32.3 Å². The third-order valence-corrected chi connectivity index (χ3v) is 3.49. The molecule has 2 rings (SSSR count). The van der Waals surface area contributed by atoms with Crippen molar-refractivity contribution in [3.63, 3.8) is 0 Å². The standard InChI is InChI=1S/C16H21N5O3/c1-11-4-6-12(7-5-11)15-18-20-21(19-15)10-13(22)17-16(2,3)9-8-14(23)24/h4-7H,8-10H2,1-3H3,(H,17,22)(H,23,24). The molecule has 0 atom stereocenters. The molecule has 1 aromatic heterocycles. The first-order valence-corrected chi connectivity index (χ1v) is 7.63. The van der Waals surface area contributed by atoms with Gasteiger partial charge in [-0.05, 0) is 32.4 Å². The van der Waals surface area contributed by atoms with Crippen molar-refractivity contribution in [2.45, 2.75) is 45.7 Å². The maximum absolute atomic E-state index is 12.1. The fourth-order valence-electron chi connectivity index (χ4n) is 2.16. The van der Waals surface area contributed by atoms with Crippen LogP contribution in [0.5, 0.6) is 0 Å². The summed E-state index contributed by atoms with van der Waals surface area (Å²) in [5.74, 6) is -0.732. The van der Waals surface area contributed by atoms with Crippen LogP contribution in [0.15, 0.2) is 24.3 Å². The zero-order chi connectivity index (χ0) is 17.7. The summed E-state index contributed by atoms with van der Waals surface area (Å²) in [6.07, 6.45) is 0.333. The summed E-state index contributed by atoms with van der Waals surface area (Å²) in [5, 5.41) is 23.5. The Kier molecular flexibility index (Phi) is 5.28. The van der Waals surface area contributed by atoms with Crippen LogP contribution in [0, 0.1) is 6.92 Å². The normalized spacial score (nSPS) is 11.3. The molecule has 0 aliphatic heterocycles. The molecule has 128 valence electrons. The summed E-state index contributed by atoms with van der Waals surface area (Å²) in [7, 11) is 0. The van der Waals surface area contributed by atoms with Gasteiger partial charge >= 0.3 is 5.97 Å². The second kappa shape index (κ2) is 7.20. The summed E-state index contributed by atoms with van der Waals surface area (Å²) < 4.78 is 0. The molecule has 24 heavy (non-hydrogen) atoms. The topological polar surface area (TPSA) is 110 Å². The molecule has 0 fully saturated rings. The van der Waals surface area contributed by atoms with Crippen LogP contribution >= 0.6 is 0 Å². The highest BCUT2D eigenvalue weighted by Crippen LogP contribution is 2.14. The van der Waals surface area contributed by atoms with Gasteiger partial charge in [-0.1, -0.05) is 29.8 Å². The van der Waals surface area contributed by atoms with Crippen LogP contribution in [0.4, 0.5) is 0 Å². The van der Waals surface area contributed by atoms with Crippen molar-refractivity contribution >= 4 is 11.9 Å². The number of carbonyl (C=O) groups is 2. The zero-order valence-electron chi connectivity index (χ0n) is 14.0. The molecule has 1 aromatic carbocycles. The van der Waals surface area contributed by atoms with E-state index in [1.54, 1.807) is 13.8 Å². The molecule has 2 aromatic rings. The maximum atomic E-state index is 12.1. The fourth-order valence-corrected chi connectivity index (χ4v) is 2.16. The van der Waals surface area contributed by atoms with Crippen molar-refractivity contribution in [1.29, 1.82) is 0 Å². The summed E-state index contributed by atoms with van der Waals surface area (Å²) >= 11 is 0. The molecule has 0 saturated carbocycles. The number of tetrazole rings is 1. The van der Waals surface area contributed by atoms with E-state index in [-0.39, 0.29) is 18.9 Å². The molecule has 8 nitrogen and oxygen atoms in total. The lowest BCUT2D eigenvalue weighted by Gasteiger charge is -2.25. The number of hydrogen-bond donors (Lipinski definition) is 2. The smallest absolute Gasteiger partial charge is 0.303 e. The number of carbonyl (C=O) groups excluding carboxylic acids is 1. The number of aliphatic carboxylic acids is 1. The number of rotatable bonds is 7. The monoisotopic (exact) mass is 331 g/mol. The number of carboxylic acid groups (broad SMARTS) is 1. The summed E-state index contributed by atoms with van der Waals surface area (Å²) in [5.41, 5.74) is 1.35. The number of benzene rings is 1. The quantitative estimate of drug-likeness (QED) is 0.794. The Morgan fingerprint density at radius 3 is 2.54 bits per heavy atom. The molecule has 0 aliphatic carbocycles. The van der Waals surface area contributed by atoms with Gasteiger partial charge in [0.25, 0.3) is 0 Å². The summed E-state index contributed by atoms with van der Waals surface area (Å²) in [6.45, 7) is 5.47. The van der Waals surface area contributed by atoms with Crippen molar-refractivity contribution in [1.82, 2.24) is 25.5 Å². The number of aryl methyl sites for hydroxylation is 1. The molecule has 0 spiro atoms. The molecule has 2 N–H and O–H groups in total. The lowest BCUT2D eigenvalue weighted by Crippen LogP contribution is -2.45. The molecule has 0 saturated heterocycles.